The van der Waals surface area contributed by atoms with Crippen molar-refractivity contribution in [2.24, 2.45) is 0 Å². The zero-order chi connectivity index (χ0) is 31.7. The number of aromatic nitrogens is 3. The highest BCUT2D eigenvalue weighted by Crippen LogP contribution is 2.57. The first-order chi connectivity index (χ1) is 23.6. The molecule has 2 aliphatic carbocycles. The maximum atomic E-state index is 4.91. The van der Waals surface area contributed by atoms with Crippen molar-refractivity contribution in [2.75, 3.05) is 0 Å². The van der Waals surface area contributed by atoms with E-state index in [0.717, 1.165) is 40.3 Å². The molecule has 0 amide bonds. The predicted octanol–water partition coefficient (Wildman–Crippen LogP) is 10.8. The zero-order valence-corrected chi connectivity index (χ0v) is 26.9. The maximum Gasteiger partial charge on any atom is 0.0985 e. The van der Waals surface area contributed by atoms with Gasteiger partial charge in [0.2, 0.25) is 0 Å². The van der Waals surface area contributed by atoms with E-state index in [1.807, 2.05) is 18.5 Å². The van der Waals surface area contributed by atoms with Gasteiger partial charge in [-0.3, -0.25) is 9.97 Å². The van der Waals surface area contributed by atoms with Crippen molar-refractivity contribution in [2.45, 2.75) is 32.1 Å². The molecular formula is C45H31N3. The highest BCUT2D eigenvalue weighted by atomic mass is 15.0. The van der Waals surface area contributed by atoms with E-state index in [1.165, 1.54) is 77.1 Å². The normalized spacial score (nSPS) is 14.5. The zero-order valence-electron chi connectivity index (χ0n) is 26.9. The highest BCUT2D eigenvalue weighted by Gasteiger charge is 2.40. The van der Waals surface area contributed by atoms with Crippen LogP contribution in [0.1, 0.15) is 47.2 Å². The van der Waals surface area contributed by atoms with Crippen molar-refractivity contribution in [1.82, 2.24) is 14.5 Å². The first kappa shape index (κ1) is 26.3. The maximum absolute atomic E-state index is 4.91. The molecule has 0 atom stereocenters. The summed E-state index contributed by atoms with van der Waals surface area (Å²) < 4.78 is 2.55. The van der Waals surface area contributed by atoms with Gasteiger partial charge < -0.3 is 4.57 Å². The van der Waals surface area contributed by atoms with Gasteiger partial charge in [0.1, 0.15) is 0 Å². The first-order valence-corrected chi connectivity index (χ1v) is 16.9. The molecule has 0 spiro atoms. The summed E-state index contributed by atoms with van der Waals surface area (Å²) >= 11 is 0. The molecule has 3 heterocycles. The number of hydrogen-bond donors (Lipinski definition) is 0. The SMILES string of the molecule is CC1(C)c2ccccc2-c2c1c1c(c3cc4c(cc23)Cc2ccccc2C4)c2ccccc2n1-c1ccnc2c1ccc1cccnc12. The topological polar surface area (TPSA) is 30.7 Å². The van der Waals surface area contributed by atoms with Gasteiger partial charge in [-0.2, -0.15) is 0 Å². The molecule has 3 heteroatoms. The molecule has 0 saturated heterocycles. The van der Waals surface area contributed by atoms with Crippen LogP contribution in [0.2, 0.25) is 0 Å². The fourth-order valence-electron chi connectivity index (χ4n) is 9.20. The van der Waals surface area contributed by atoms with Crippen LogP contribution < -0.4 is 0 Å². The van der Waals surface area contributed by atoms with Crippen molar-refractivity contribution in [3.05, 3.63) is 161 Å². The Hall–Kier alpha value is -5.80. The molecule has 3 aromatic heterocycles. The molecule has 0 fully saturated rings. The minimum absolute atomic E-state index is 0.204. The van der Waals surface area contributed by atoms with Crippen LogP contribution >= 0.6 is 0 Å². The molecule has 2 aliphatic rings. The summed E-state index contributed by atoms with van der Waals surface area (Å²) in [6.45, 7) is 4.84. The average molecular weight is 614 g/mol. The quantitative estimate of drug-likeness (QED) is 0.172. The number of pyridine rings is 2. The Morgan fingerprint density at radius 3 is 2.17 bits per heavy atom. The number of nitrogens with zero attached hydrogens (tertiary/aromatic N) is 3. The summed E-state index contributed by atoms with van der Waals surface area (Å²) in [5.41, 5.74) is 16.6. The predicted molar refractivity (Wildman–Crippen MR) is 199 cm³/mol. The Labute approximate surface area is 278 Å². The molecular weight excluding hydrogens is 583 g/mol. The molecule has 0 radical (unpaired) electrons. The molecule has 0 N–H and O–H groups in total. The molecule has 0 bridgehead atoms. The lowest BCUT2D eigenvalue weighted by atomic mass is 9.79. The summed E-state index contributed by atoms with van der Waals surface area (Å²) in [5, 5.41) is 7.54. The molecule has 3 nitrogen and oxygen atoms in total. The van der Waals surface area contributed by atoms with Crippen molar-refractivity contribution in [1.29, 1.82) is 0 Å². The van der Waals surface area contributed by atoms with Gasteiger partial charge in [-0.25, -0.2) is 0 Å². The second-order valence-corrected chi connectivity index (χ2v) is 14.2. The minimum Gasteiger partial charge on any atom is -0.308 e. The summed E-state index contributed by atoms with van der Waals surface area (Å²) in [5.74, 6) is 0. The van der Waals surface area contributed by atoms with Crippen LogP contribution in [0, 0.1) is 0 Å². The van der Waals surface area contributed by atoms with Gasteiger partial charge >= 0.3 is 0 Å². The molecule has 0 aliphatic heterocycles. The van der Waals surface area contributed by atoms with Crippen LogP contribution in [0.3, 0.4) is 0 Å². The molecule has 9 aromatic rings. The molecule has 6 aromatic carbocycles. The van der Waals surface area contributed by atoms with Crippen LogP contribution in [-0.2, 0) is 18.3 Å². The Balaban J connectivity index is 1.36. The molecule has 11 rings (SSSR count). The van der Waals surface area contributed by atoms with Crippen molar-refractivity contribution < 1.29 is 0 Å². The van der Waals surface area contributed by atoms with Crippen molar-refractivity contribution >= 4 is 54.4 Å². The summed E-state index contributed by atoms with van der Waals surface area (Å²) in [6, 6.07) is 42.9. The van der Waals surface area contributed by atoms with Gasteiger partial charge in [0.05, 0.1) is 27.8 Å². The monoisotopic (exact) mass is 613 g/mol. The summed E-state index contributed by atoms with van der Waals surface area (Å²) in [6.07, 6.45) is 5.78. The van der Waals surface area contributed by atoms with Gasteiger partial charge in [-0.15, -0.1) is 0 Å². The highest BCUT2D eigenvalue weighted by molar-refractivity contribution is 6.27. The fourth-order valence-corrected chi connectivity index (χ4v) is 9.20. The Kier molecular flexibility index (Phi) is 5.02. The van der Waals surface area contributed by atoms with Crippen LogP contribution in [0.15, 0.2) is 128 Å². The van der Waals surface area contributed by atoms with E-state index in [1.54, 1.807) is 0 Å². The number of fused-ring (bicyclic) bond motifs is 15. The molecule has 0 unspecified atom stereocenters. The van der Waals surface area contributed by atoms with E-state index in [-0.39, 0.29) is 5.41 Å². The smallest absolute Gasteiger partial charge is 0.0985 e. The Morgan fingerprint density at radius 2 is 1.31 bits per heavy atom. The largest absolute Gasteiger partial charge is 0.308 e. The third-order valence-electron chi connectivity index (χ3n) is 11.3. The Morgan fingerprint density at radius 1 is 0.583 bits per heavy atom. The van der Waals surface area contributed by atoms with E-state index in [9.17, 15) is 0 Å². The Bertz CT molecular complexity index is 2870. The van der Waals surface area contributed by atoms with Gasteiger partial charge in [-0.1, -0.05) is 92.7 Å². The lowest BCUT2D eigenvalue weighted by molar-refractivity contribution is 0.664. The number of rotatable bonds is 1. The second-order valence-electron chi connectivity index (χ2n) is 14.2. The van der Waals surface area contributed by atoms with E-state index >= 15 is 0 Å². The van der Waals surface area contributed by atoms with E-state index in [4.69, 9.17) is 9.97 Å². The third-order valence-corrected chi connectivity index (χ3v) is 11.3. The third kappa shape index (κ3) is 3.28. The van der Waals surface area contributed by atoms with Crippen LogP contribution in [0.5, 0.6) is 0 Å². The van der Waals surface area contributed by atoms with Crippen LogP contribution in [-0.4, -0.2) is 14.5 Å². The first-order valence-electron chi connectivity index (χ1n) is 16.9. The molecule has 48 heavy (non-hydrogen) atoms. The minimum atomic E-state index is -0.204. The average Bonchev–Trinajstić information content (AvgIpc) is 3.59. The van der Waals surface area contributed by atoms with Gasteiger partial charge in [0.25, 0.3) is 0 Å². The van der Waals surface area contributed by atoms with Gasteiger partial charge in [0, 0.05) is 39.4 Å². The van der Waals surface area contributed by atoms with E-state index in [2.05, 4.69) is 128 Å². The van der Waals surface area contributed by atoms with Crippen LogP contribution in [0.25, 0.3) is 71.2 Å². The summed E-state index contributed by atoms with van der Waals surface area (Å²) in [4.78, 5) is 9.70. The van der Waals surface area contributed by atoms with Crippen molar-refractivity contribution in [3.63, 3.8) is 0 Å². The number of benzene rings is 6. The number of hydrogen-bond acceptors (Lipinski definition) is 2. The lowest BCUT2D eigenvalue weighted by Gasteiger charge is -2.26. The second kappa shape index (κ2) is 9.17. The molecule has 226 valence electrons. The lowest BCUT2D eigenvalue weighted by Crippen LogP contribution is -2.17. The van der Waals surface area contributed by atoms with E-state index < -0.39 is 0 Å². The standard InChI is InChI=1S/C45H31N3/c1-45(2)36-15-7-5-13-31(36)39-34-24-29-22-27-10-3-4-11-28(27)23-30(29)25-35(34)40-32-14-6-8-16-37(32)48(44(40)41(39)45)38-19-21-47-43-33(38)18-17-26-12-9-20-46-42(26)43/h3-21,24-25H,22-23H2,1-2H3. The number of para-hydroxylation sites is 1. The van der Waals surface area contributed by atoms with Gasteiger partial charge in [-0.05, 0) is 105 Å². The van der Waals surface area contributed by atoms with Gasteiger partial charge in [0.15, 0.2) is 0 Å². The summed E-state index contributed by atoms with van der Waals surface area (Å²) in [7, 11) is 0. The van der Waals surface area contributed by atoms with Crippen molar-refractivity contribution in [3.8, 4) is 16.8 Å². The van der Waals surface area contributed by atoms with E-state index in [0.29, 0.717) is 0 Å². The fraction of sp³-hybridized carbons (Fsp3) is 0.111. The van der Waals surface area contributed by atoms with Crippen LogP contribution in [0.4, 0.5) is 0 Å². The molecule has 0 saturated carbocycles.